The van der Waals surface area contributed by atoms with Crippen LogP contribution in [0.25, 0.3) is 0 Å². The first-order chi connectivity index (χ1) is 11.4. The molecular weight excluding hydrogens is 308 g/mol. The fraction of sp³-hybridized carbons (Fsp3) is 0.706. The van der Waals surface area contributed by atoms with Crippen molar-refractivity contribution in [1.82, 2.24) is 14.7 Å². The standard InChI is InChI=1S/C17H28N4O3/c1-13-11-14(2)21(19-13)9-5-15(22)20-8-4-6-17(12-20,16(18)23)7-10-24-3/h11H,4-10,12H2,1-3H3,(H2,18,23). The minimum absolute atomic E-state index is 0.0466. The summed E-state index contributed by atoms with van der Waals surface area (Å²) in [6, 6.07) is 1.99. The molecule has 24 heavy (non-hydrogen) atoms. The van der Waals surface area contributed by atoms with Crippen molar-refractivity contribution in [2.24, 2.45) is 11.1 Å². The first-order valence-electron chi connectivity index (χ1n) is 8.45. The number of hydrogen-bond acceptors (Lipinski definition) is 4. The highest BCUT2D eigenvalue weighted by atomic mass is 16.5. The van der Waals surface area contributed by atoms with Gasteiger partial charge in [-0.2, -0.15) is 5.10 Å². The number of methoxy groups -OCH3 is 1. The second-order valence-corrected chi connectivity index (χ2v) is 6.71. The Morgan fingerprint density at radius 2 is 2.17 bits per heavy atom. The van der Waals surface area contributed by atoms with E-state index in [1.54, 1.807) is 12.0 Å². The average molecular weight is 336 g/mol. The molecule has 0 aromatic carbocycles. The molecule has 1 aromatic heterocycles. The van der Waals surface area contributed by atoms with Crippen LogP contribution in [-0.4, -0.2) is 53.3 Å². The van der Waals surface area contributed by atoms with Crippen LogP contribution >= 0.6 is 0 Å². The van der Waals surface area contributed by atoms with Gasteiger partial charge in [0.15, 0.2) is 0 Å². The minimum atomic E-state index is -0.665. The molecule has 1 aliphatic rings. The predicted molar refractivity (Wildman–Crippen MR) is 90.3 cm³/mol. The van der Waals surface area contributed by atoms with Gasteiger partial charge in [-0.25, -0.2) is 0 Å². The molecular formula is C17H28N4O3. The van der Waals surface area contributed by atoms with Gasteiger partial charge in [-0.15, -0.1) is 0 Å². The number of nitrogens with two attached hydrogens (primary N) is 1. The van der Waals surface area contributed by atoms with Crippen LogP contribution in [0, 0.1) is 19.3 Å². The lowest BCUT2D eigenvalue weighted by Gasteiger charge is -2.40. The van der Waals surface area contributed by atoms with Gasteiger partial charge in [0.25, 0.3) is 0 Å². The number of carbonyl (C=O) groups excluding carboxylic acids is 2. The summed E-state index contributed by atoms with van der Waals surface area (Å²) in [6.07, 6.45) is 2.44. The van der Waals surface area contributed by atoms with E-state index >= 15 is 0 Å². The second kappa shape index (κ2) is 7.79. The number of piperidine rings is 1. The Kier molecular flexibility index (Phi) is 5.99. The number of ether oxygens (including phenoxy) is 1. The predicted octanol–water partition coefficient (Wildman–Crippen LogP) is 1.02. The number of amides is 2. The smallest absolute Gasteiger partial charge is 0.225 e. The maximum atomic E-state index is 12.6. The highest BCUT2D eigenvalue weighted by Gasteiger charge is 2.41. The fourth-order valence-electron chi connectivity index (χ4n) is 3.43. The summed E-state index contributed by atoms with van der Waals surface area (Å²) in [6.45, 7) is 6.01. The molecule has 1 unspecified atom stereocenters. The molecule has 7 nitrogen and oxygen atoms in total. The highest BCUT2D eigenvalue weighted by Crippen LogP contribution is 2.33. The van der Waals surface area contributed by atoms with Crippen molar-refractivity contribution in [3.63, 3.8) is 0 Å². The Morgan fingerprint density at radius 1 is 1.42 bits per heavy atom. The molecule has 2 heterocycles. The monoisotopic (exact) mass is 336 g/mol. The maximum Gasteiger partial charge on any atom is 0.225 e. The Labute approximate surface area is 143 Å². The quantitative estimate of drug-likeness (QED) is 0.805. The number of aromatic nitrogens is 2. The van der Waals surface area contributed by atoms with E-state index in [0.29, 0.717) is 45.5 Å². The van der Waals surface area contributed by atoms with Crippen LogP contribution in [0.3, 0.4) is 0 Å². The van der Waals surface area contributed by atoms with E-state index in [1.807, 2.05) is 24.6 Å². The van der Waals surface area contributed by atoms with Gasteiger partial charge in [0.2, 0.25) is 11.8 Å². The Balaban J connectivity index is 1.98. The van der Waals surface area contributed by atoms with Crippen LogP contribution in [0.1, 0.15) is 37.1 Å². The van der Waals surface area contributed by atoms with E-state index in [9.17, 15) is 9.59 Å². The summed E-state index contributed by atoms with van der Waals surface area (Å²) in [5.41, 5.74) is 6.98. The molecule has 1 fully saturated rings. The first-order valence-corrected chi connectivity index (χ1v) is 8.45. The van der Waals surface area contributed by atoms with E-state index in [2.05, 4.69) is 5.10 Å². The van der Waals surface area contributed by atoms with Gasteiger partial charge >= 0.3 is 0 Å². The van der Waals surface area contributed by atoms with Crippen molar-refractivity contribution in [2.45, 2.75) is 46.1 Å². The Hall–Kier alpha value is -1.89. The molecule has 1 aromatic rings. The highest BCUT2D eigenvalue weighted by molar-refractivity contribution is 5.83. The molecule has 0 aliphatic carbocycles. The molecule has 7 heteroatoms. The molecule has 0 bridgehead atoms. The SMILES string of the molecule is COCCC1(C(N)=O)CCCN(C(=O)CCn2nc(C)cc2C)C1. The summed E-state index contributed by atoms with van der Waals surface area (Å²) in [5, 5.41) is 4.38. The minimum Gasteiger partial charge on any atom is -0.385 e. The molecule has 134 valence electrons. The summed E-state index contributed by atoms with van der Waals surface area (Å²) in [7, 11) is 1.61. The second-order valence-electron chi connectivity index (χ2n) is 6.71. The zero-order valence-corrected chi connectivity index (χ0v) is 14.9. The fourth-order valence-corrected chi connectivity index (χ4v) is 3.43. The number of rotatable bonds is 7. The Bertz CT molecular complexity index is 599. The third kappa shape index (κ3) is 4.14. The number of hydrogen-bond donors (Lipinski definition) is 1. The summed E-state index contributed by atoms with van der Waals surface area (Å²) >= 11 is 0. The molecule has 0 saturated carbocycles. The first kappa shape index (κ1) is 18.4. The molecule has 1 aliphatic heterocycles. The molecule has 2 N–H and O–H groups in total. The lowest BCUT2D eigenvalue weighted by atomic mass is 9.76. The lowest BCUT2D eigenvalue weighted by molar-refractivity contribution is -0.141. The van der Waals surface area contributed by atoms with Crippen LogP contribution in [0.4, 0.5) is 0 Å². The number of aryl methyl sites for hydroxylation is 3. The van der Waals surface area contributed by atoms with E-state index in [1.165, 1.54) is 0 Å². The van der Waals surface area contributed by atoms with Crippen LogP contribution in [-0.2, 0) is 20.9 Å². The van der Waals surface area contributed by atoms with Gasteiger partial charge in [-0.05, 0) is 39.2 Å². The van der Waals surface area contributed by atoms with Crippen LogP contribution in [0.5, 0.6) is 0 Å². The lowest BCUT2D eigenvalue weighted by Crippen LogP contribution is -2.52. The van der Waals surface area contributed by atoms with Gasteiger partial charge in [0.05, 0.1) is 11.1 Å². The summed E-state index contributed by atoms with van der Waals surface area (Å²) < 4.78 is 6.96. The third-order valence-corrected chi connectivity index (χ3v) is 4.88. The van der Waals surface area contributed by atoms with Crippen LogP contribution < -0.4 is 5.73 Å². The van der Waals surface area contributed by atoms with E-state index in [-0.39, 0.29) is 11.8 Å². The van der Waals surface area contributed by atoms with Gasteiger partial charge in [-0.3, -0.25) is 14.3 Å². The van der Waals surface area contributed by atoms with Crippen molar-refractivity contribution >= 4 is 11.8 Å². The van der Waals surface area contributed by atoms with Gasteiger partial charge in [-0.1, -0.05) is 0 Å². The number of nitrogens with zero attached hydrogens (tertiary/aromatic N) is 3. The van der Waals surface area contributed by atoms with Crippen molar-refractivity contribution in [3.05, 3.63) is 17.5 Å². The van der Waals surface area contributed by atoms with E-state index in [4.69, 9.17) is 10.5 Å². The molecule has 0 radical (unpaired) electrons. The van der Waals surface area contributed by atoms with Crippen LogP contribution in [0.15, 0.2) is 6.07 Å². The van der Waals surface area contributed by atoms with Gasteiger partial charge < -0.3 is 15.4 Å². The largest absolute Gasteiger partial charge is 0.385 e. The van der Waals surface area contributed by atoms with Gasteiger partial charge in [0.1, 0.15) is 0 Å². The van der Waals surface area contributed by atoms with E-state index < -0.39 is 5.41 Å². The van der Waals surface area contributed by atoms with E-state index in [0.717, 1.165) is 17.8 Å². The molecule has 2 amide bonds. The zero-order valence-electron chi connectivity index (χ0n) is 14.9. The third-order valence-electron chi connectivity index (χ3n) is 4.88. The van der Waals surface area contributed by atoms with Crippen molar-refractivity contribution in [2.75, 3.05) is 26.8 Å². The summed E-state index contributed by atoms with van der Waals surface area (Å²) in [4.78, 5) is 26.3. The van der Waals surface area contributed by atoms with Gasteiger partial charge in [0, 0.05) is 45.5 Å². The number of likely N-dealkylation sites (tertiary alicyclic amines) is 1. The normalized spacial score (nSPS) is 21.0. The van der Waals surface area contributed by atoms with Crippen molar-refractivity contribution < 1.29 is 14.3 Å². The number of carbonyl (C=O) groups is 2. The maximum absolute atomic E-state index is 12.6. The molecule has 1 saturated heterocycles. The Morgan fingerprint density at radius 3 is 2.75 bits per heavy atom. The average Bonchev–Trinajstić information content (AvgIpc) is 2.88. The molecule has 2 rings (SSSR count). The molecule has 1 atom stereocenters. The zero-order chi connectivity index (χ0) is 17.7. The molecule has 0 spiro atoms. The summed E-state index contributed by atoms with van der Waals surface area (Å²) in [5.74, 6) is -0.291. The number of primary amides is 1. The van der Waals surface area contributed by atoms with Crippen LogP contribution in [0.2, 0.25) is 0 Å². The van der Waals surface area contributed by atoms with Crippen molar-refractivity contribution in [1.29, 1.82) is 0 Å². The topological polar surface area (TPSA) is 90.5 Å². The van der Waals surface area contributed by atoms with Crippen molar-refractivity contribution in [3.8, 4) is 0 Å².